The highest BCUT2D eigenvalue weighted by molar-refractivity contribution is 5.85. The molecule has 0 aliphatic carbocycles. The normalized spacial score (nSPS) is 12.5. The molecule has 0 bridgehead atoms. The van der Waals surface area contributed by atoms with Gasteiger partial charge >= 0.3 is 11.6 Å². The van der Waals surface area contributed by atoms with Crippen LogP contribution in [0.4, 0.5) is 0 Å². The van der Waals surface area contributed by atoms with Gasteiger partial charge in [0.25, 0.3) is 0 Å². The van der Waals surface area contributed by atoms with E-state index in [0.29, 0.717) is 17.6 Å². The van der Waals surface area contributed by atoms with E-state index in [-0.39, 0.29) is 12.3 Å². The van der Waals surface area contributed by atoms with Crippen molar-refractivity contribution in [2.24, 2.45) is 0 Å². The summed E-state index contributed by atoms with van der Waals surface area (Å²) in [5.74, 6) is -1.03. The van der Waals surface area contributed by atoms with E-state index in [1.807, 2.05) is 6.92 Å². The van der Waals surface area contributed by atoms with Crippen LogP contribution in [0.3, 0.4) is 0 Å². The SMILES string of the molecule is CCc1cc(=O)oc2c(CN[C@@H](C)C(=O)O)c(O)ccc12. The Labute approximate surface area is 121 Å². The summed E-state index contributed by atoms with van der Waals surface area (Å²) in [6.45, 7) is 3.51. The lowest BCUT2D eigenvalue weighted by atomic mass is 10.0. The third-order valence-corrected chi connectivity index (χ3v) is 3.41. The van der Waals surface area contributed by atoms with E-state index in [2.05, 4.69) is 5.32 Å². The van der Waals surface area contributed by atoms with Crippen molar-refractivity contribution < 1.29 is 19.4 Å². The van der Waals surface area contributed by atoms with E-state index in [1.165, 1.54) is 19.1 Å². The van der Waals surface area contributed by atoms with Crippen LogP contribution < -0.4 is 10.9 Å². The topological polar surface area (TPSA) is 99.8 Å². The summed E-state index contributed by atoms with van der Waals surface area (Å²) in [4.78, 5) is 22.4. The first-order valence-corrected chi connectivity index (χ1v) is 6.67. The number of carboxylic acid groups (broad SMARTS) is 1. The molecule has 0 aliphatic heterocycles. The predicted octanol–water partition coefficient (Wildman–Crippen LogP) is 1.62. The molecular weight excluding hydrogens is 274 g/mol. The number of aliphatic carboxylic acids is 1. The van der Waals surface area contributed by atoms with Gasteiger partial charge in [0.1, 0.15) is 17.4 Å². The molecular formula is C15H17NO5. The maximum atomic E-state index is 11.6. The molecule has 0 radical (unpaired) electrons. The van der Waals surface area contributed by atoms with Gasteiger partial charge in [-0.15, -0.1) is 0 Å². The quantitative estimate of drug-likeness (QED) is 0.724. The van der Waals surface area contributed by atoms with E-state index in [9.17, 15) is 14.7 Å². The van der Waals surface area contributed by atoms with Crippen LogP contribution in [0.25, 0.3) is 11.0 Å². The number of aryl methyl sites for hydroxylation is 1. The Balaban J connectivity index is 2.51. The molecule has 1 atom stereocenters. The highest BCUT2D eigenvalue weighted by Gasteiger charge is 2.16. The highest BCUT2D eigenvalue weighted by Crippen LogP contribution is 2.28. The molecule has 21 heavy (non-hydrogen) atoms. The van der Waals surface area contributed by atoms with Gasteiger partial charge in [-0.25, -0.2) is 4.79 Å². The largest absolute Gasteiger partial charge is 0.507 e. The van der Waals surface area contributed by atoms with Crippen LogP contribution in [0.2, 0.25) is 0 Å². The first-order chi connectivity index (χ1) is 9.93. The van der Waals surface area contributed by atoms with Crippen molar-refractivity contribution in [1.82, 2.24) is 5.32 Å². The summed E-state index contributed by atoms with van der Waals surface area (Å²) in [7, 11) is 0. The number of nitrogens with one attached hydrogen (secondary N) is 1. The first-order valence-electron chi connectivity index (χ1n) is 6.67. The summed E-state index contributed by atoms with van der Waals surface area (Å²) in [5, 5.41) is 22.3. The van der Waals surface area contributed by atoms with E-state index in [0.717, 1.165) is 10.9 Å². The van der Waals surface area contributed by atoms with Crippen molar-refractivity contribution in [2.45, 2.75) is 32.9 Å². The van der Waals surface area contributed by atoms with Crippen molar-refractivity contribution in [3.63, 3.8) is 0 Å². The minimum Gasteiger partial charge on any atom is -0.507 e. The number of phenolic OH excluding ortho intramolecular Hbond substituents is 1. The maximum Gasteiger partial charge on any atom is 0.336 e. The lowest BCUT2D eigenvalue weighted by Crippen LogP contribution is -2.33. The lowest BCUT2D eigenvalue weighted by molar-refractivity contribution is -0.139. The molecule has 2 aromatic rings. The Morgan fingerprint density at radius 1 is 1.43 bits per heavy atom. The smallest absolute Gasteiger partial charge is 0.336 e. The van der Waals surface area contributed by atoms with Gasteiger partial charge in [0, 0.05) is 18.0 Å². The van der Waals surface area contributed by atoms with Gasteiger partial charge in [-0.3, -0.25) is 4.79 Å². The second kappa shape index (κ2) is 5.97. The van der Waals surface area contributed by atoms with Crippen LogP contribution in [0.5, 0.6) is 5.75 Å². The Kier molecular flexibility index (Phi) is 4.28. The highest BCUT2D eigenvalue weighted by atomic mass is 16.4. The summed E-state index contributed by atoms with van der Waals surface area (Å²) >= 11 is 0. The summed E-state index contributed by atoms with van der Waals surface area (Å²) < 4.78 is 5.21. The van der Waals surface area contributed by atoms with Crippen LogP contribution in [-0.4, -0.2) is 22.2 Å². The number of carboxylic acids is 1. The van der Waals surface area contributed by atoms with Crippen LogP contribution in [0, 0.1) is 0 Å². The van der Waals surface area contributed by atoms with Gasteiger partial charge in [0.2, 0.25) is 0 Å². The fourth-order valence-corrected chi connectivity index (χ4v) is 2.14. The Morgan fingerprint density at radius 3 is 2.76 bits per heavy atom. The monoisotopic (exact) mass is 291 g/mol. The average Bonchev–Trinajstić information content (AvgIpc) is 2.44. The Hall–Kier alpha value is -2.34. The minimum atomic E-state index is -0.995. The van der Waals surface area contributed by atoms with Crippen LogP contribution in [0.15, 0.2) is 27.4 Å². The number of hydrogen-bond acceptors (Lipinski definition) is 5. The molecule has 112 valence electrons. The van der Waals surface area contributed by atoms with E-state index >= 15 is 0 Å². The average molecular weight is 291 g/mol. The fraction of sp³-hybridized carbons (Fsp3) is 0.333. The van der Waals surface area contributed by atoms with Crippen molar-refractivity contribution in [3.05, 3.63) is 39.7 Å². The third kappa shape index (κ3) is 3.05. The molecule has 0 aliphatic rings. The zero-order valence-electron chi connectivity index (χ0n) is 11.8. The number of carbonyl (C=O) groups is 1. The third-order valence-electron chi connectivity index (χ3n) is 3.41. The van der Waals surface area contributed by atoms with Gasteiger partial charge in [-0.1, -0.05) is 6.92 Å². The van der Waals surface area contributed by atoms with Crippen LogP contribution in [0.1, 0.15) is 25.0 Å². The zero-order valence-corrected chi connectivity index (χ0v) is 11.8. The van der Waals surface area contributed by atoms with E-state index in [4.69, 9.17) is 9.52 Å². The van der Waals surface area contributed by atoms with Crippen molar-refractivity contribution >= 4 is 16.9 Å². The molecule has 0 saturated heterocycles. The molecule has 1 aromatic heterocycles. The number of fused-ring (bicyclic) bond motifs is 1. The molecule has 0 saturated carbocycles. The molecule has 0 amide bonds. The number of hydrogen-bond donors (Lipinski definition) is 3. The second-order valence-corrected chi connectivity index (χ2v) is 4.82. The van der Waals surface area contributed by atoms with Gasteiger partial charge in [-0.2, -0.15) is 0 Å². The van der Waals surface area contributed by atoms with Gasteiger partial charge in [0.15, 0.2) is 0 Å². The van der Waals surface area contributed by atoms with Gasteiger partial charge in [-0.05, 0) is 31.0 Å². The maximum absolute atomic E-state index is 11.6. The van der Waals surface area contributed by atoms with Gasteiger partial charge < -0.3 is 19.9 Å². The number of phenols is 1. The Morgan fingerprint density at radius 2 is 2.14 bits per heavy atom. The van der Waals surface area contributed by atoms with Crippen LogP contribution in [-0.2, 0) is 17.8 Å². The van der Waals surface area contributed by atoms with Crippen molar-refractivity contribution in [2.75, 3.05) is 0 Å². The molecule has 1 heterocycles. The summed E-state index contributed by atoms with van der Waals surface area (Å²) in [5.41, 5.74) is 1.02. The zero-order chi connectivity index (χ0) is 15.6. The molecule has 0 spiro atoms. The van der Waals surface area contributed by atoms with Gasteiger partial charge in [0.05, 0.1) is 5.56 Å². The van der Waals surface area contributed by atoms with Crippen molar-refractivity contribution in [3.8, 4) is 5.75 Å². The second-order valence-electron chi connectivity index (χ2n) is 4.82. The summed E-state index contributed by atoms with van der Waals surface area (Å²) in [6.07, 6.45) is 0.658. The standard InChI is InChI=1S/C15H17NO5/c1-3-9-6-13(18)21-14-10(9)4-5-12(17)11(14)7-16-8(2)15(19)20/h4-6,8,16-17H,3,7H2,1-2H3,(H,19,20)/t8-/m0/s1. The van der Waals surface area contributed by atoms with E-state index in [1.54, 1.807) is 6.07 Å². The minimum absolute atomic E-state index is 0.0380. The number of rotatable bonds is 5. The number of aromatic hydroxyl groups is 1. The molecule has 0 unspecified atom stereocenters. The Bertz CT molecular complexity index is 735. The fourth-order valence-electron chi connectivity index (χ4n) is 2.14. The lowest BCUT2D eigenvalue weighted by Gasteiger charge is -2.13. The molecule has 6 nitrogen and oxygen atoms in total. The molecule has 2 rings (SSSR count). The molecule has 0 fully saturated rings. The van der Waals surface area contributed by atoms with Crippen LogP contribution >= 0.6 is 0 Å². The molecule has 1 aromatic carbocycles. The molecule has 3 N–H and O–H groups in total. The predicted molar refractivity (Wildman–Crippen MR) is 77.5 cm³/mol. The molecule has 6 heteroatoms. The van der Waals surface area contributed by atoms with E-state index < -0.39 is 17.6 Å². The van der Waals surface area contributed by atoms with Crippen molar-refractivity contribution in [1.29, 1.82) is 0 Å². The summed E-state index contributed by atoms with van der Waals surface area (Å²) in [6, 6.07) is 3.86. The first kappa shape index (κ1) is 15.1. The number of benzene rings is 1.